The van der Waals surface area contributed by atoms with Crippen molar-refractivity contribution in [2.24, 2.45) is 5.92 Å². The van der Waals surface area contributed by atoms with Gasteiger partial charge >= 0.3 is 11.8 Å². The standard InChI is InChI=1S/C28H39N5O4/c1-28(2,3)37-27(36)32-16-14-21-22(25(32)34)12-7-13-23(21)33-26(35)29-24(30-33)20-11-8-15-31(18-20)17-19-9-5-4-6-10-19/h7,12-13,19-20H,4-6,8-11,14-18H2,1-3H3,(H,29,30,35). The molecule has 3 heterocycles. The van der Waals surface area contributed by atoms with Gasteiger partial charge in [0.25, 0.3) is 5.91 Å². The molecule has 1 atom stereocenters. The number of hydrogen-bond donors (Lipinski definition) is 1. The number of aromatic amines is 1. The van der Waals surface area contributed by atoms with E-state index >= 15 is 0 Å². The Hall–Kier alpha value is -2.94. The van der Waals surface area contributed by atoms with E-state index in [0.29, 0.717) is 23.5 Å². The summed E-state index contributed by atoms with van der Waals surface area (Å²) in [6.07, 6.45) is 8.61. The van der Waals surface area contributed by atoms with Crippen molar-refractivity contribution in [1.29, 1.82) is 0 Å². The van der Waals surface area contributed by atoms with Gasteiger partial charge in [-0.3, -0.25) is 9.78 Å². The van der Waals surface area contributed by atoms with Crippen LogP contribution in [0.25, 0.3) is 5.69 Å². The molecule has 2 fully saturated rings. The zero-order valence-corrected chi connectivity index (χ0v) is 22.3. The number of carbonyl (C=O) groups is 2. The third-order valence-electron chi connectivity index (χ3n) is 7.82. The van der Waals surface area contributed by atoms with Crippen LogP contribution in [0.3, 0.4) is 0 Å². The number of H-pyrrole nitrogens is 1. The highest BCUT2D eigenvalue weighted by Gasteiger charge is 2.34. The average molecular weight is 510 g/mol. The average Bonchev–Trinajstić information content (AvgIpc) is 3.25. The zero-order chi connectivity index (χ0) is 26.2. The molecule has 1 unspecified atom stereocenters. The van der Waals surface area contributed by atoms with Crippen molar-refractivity contribution < 1.29 is 14.3 Å². The van der Waals surface area contributed by atoms with E-state index in [1.54, 1.807) is 32.9 Å². The first-order valence-corrected chi connectivity index (χ1v) is 13.8. The predicted octanol–water partition coefficient (Wildman–Crippen LogP) is 4.25. The highest BCUT2D eigenvalue weighted by Crippen LogP contribution is 2.30. The fourth-order valence-corrected chi connectivity index (χ4v) is 6.07. The number of nitrogens with one attached hydrogen (secondary N) is 1. The third-order valence-corrected chi connectivity index (χ3v) is 7.82. The molecule has 0 radical (unpaired) electrons. The molecular formula is C28H39N5O4. The third kappa shape index (κ3) is 5.66. The second-order valence-electron chi connectivity index (χ2n) is 11.8. The van der Waals surface area contributed by atoms with Gasteiger partial charge in [0.2, 0.25) is 0 Å². The molecule has 1 saturated heterocycles. The van der Waals surface area contributed by atoms with Crippen molar-refractivity contribution in [2.75, 3.05) is 26.2 Å². The summed E-state index contributed by atoms with van der Waals surface area (Å²) in [7, 11) is 0. The van der Waals surface area contributed by atoms with Crippen LogP contribution in [0.2, 0.25) is 0 Å². The maximum absolute atomic E-state index is 13.2. The Labute approximate surface area is 218 Å². The van der Waals surface area contributed by atoms with E-state index in [-0.39, 0.29) is 18.2 Å². The highest BCUT2D eigenvalue weighted by atomic mass is 16.6. The van der Waals surface area contributed by atoms with Gasteiger partial charge in [-0.1, -0.05) is 25.3 Å². The lowest BCUT2D eigenvalue weighted by Gasteiger charge is -2.35. The van der Waals surface area contributed by atoms with Crippen LogP contribution in [0.1, 0.15) is 93.4 Å². The Morgan fingerprint density at radius 3 is 2.62 bits per heavy atom. The zero-order valence-electron chi connectivity index (χ0n) is 22.3. The molecule has 9 heteroatoms. The van der Waals surface area contributed by atoms with Gasteiger partial charge in [-0.15, -0.1) is 5.10 Å². The summed E-state index contributed by atoms with van der Waals surface area (Å²) in [5.41, 5.74) is 0.743. The summed E-state index contributed by atoms with van der Waals surface area (Å²) in [4.78, 5) is 45.5. The predicted molar refractivity (Wildman–Crippen MR) is 140 cm³/mol. The Morgan fingerprint density at radius 2 is 1.86 bits per heavy atom. The molecule has 1 saturated carbocycles. The molecule has 2 aromatic rings. The van der Waals surface area contributed by atoms with E-state index in [2.05, 4.69) is 9.88 Å². The maximum Gasteiger partial charge on any atom is 0.417 e. The van der Waals surface area contributed by atoms with Gasteiger partial charge in [0.05, 0.1) is 5.69 Å². The Bertz CT molecular complexity index is 1200. The molecule has 5 rings (SSSR count). The first kappa shape index (κ1) is 25.7. The van der Waals surface area contributed by atoms with Gasteiger partial charge < -0.3 is 9.64 Å². The van der Waals surface area contributed by atoms with Gasteiger partial charge in [0, 0.05) is 31.1 Å². The molecule has 1 aliphatic carbocycles. The van der Waals surface area contributed by atoms with Crippen LogP contribution >= 0.6 is 0 Å². The number of hydrogen-bond acceptors (Lipinski definition) is 6. The molecule has 0 bridgehead atoms. The van der Waals surface area contributed by atoms with Crippen LogP contribution in [-0.4, -0.2) is 68.3 Å². The molecule has 3 aliphatic rings. The molecule has 9 nitrogen and oxygen atoms in total. The summed E-state index contributed by atoms with van der Waals surface area (Å²) < 4.78 is 6.81. The number of amides is 2. The number of nitrogens with zero attached hydrogens (tertiary/aromatic N) is 4. The smallest absolute Gasteiger partial charge is 0.417 e. The maximum atomic E-state index is 13.2. The molecule has 1 N–H and O–H groups in total. The quantitative estimate of drug-likeness (QED) is 0.661. The van der Waals surface area contributed by atoms with E-state index in [4.69, 9.17) is 9.84 Å². The van der Waals surface area contributed by atoms with Crippen molar-refractivity contribution >= 4 is 12.0 Å². The van der Waals surface area contributed by atoms with Gasteiger partial charge in [0.1, 0.15) is 11.4 Å². The lowest BCUT2D eigenvalue weighted by Crippen LogP contribution is -2.45. The van der Waals surface area contributed by atoms with Crippen molar-refractivity contribution in [3.8, 4) is 5.69 Å². The molecule has 200 valence electrons. The van der Waals surface area contributed by atoms with E-state index in [0.717, 1.165) is 48.9 Å². The van der Waals surface area contributed by atoms with E-state index in [1.807, 2.05) is 6.07 Å². The Morgan fingerprint density at radius 1 is 1.08 bits per heavy atom. The number of fused-ring (bicyclic) bond motifs is 1. The van der Waals surface area contributed by atoms with Crippen molar-refractivity contribution in [3.05, 3.63) is 45.6 Å². The number of carbonyl (C=O) groups excluding carboxylic acids is 2. The van der Waals surface area contributed by atoms with Crippen LogP contribution in [-0.2, 0) is 11.2 Å². The summed E-state index contributed by atoms with van der Waals surface area (Å²) in [6.45, 7) is 8.68. The molecule has 2 amide bonds. The SMILES string of the molecule is CC(C)(C)OC(=O)N1CCc2c(cccc2-n2nc(C3CCCN(CC4CCCCC4)C3)[nH]c2=O)C1=O. The minimum atomic E-state index is -0.691. The number of imide groups is 1. The first-order valence-electron chi connectivity index (χ1n) is 13.8. The molecule has 1 aromatic heterocycles. The minimum absolute atomic E-state index is 0.190. The number of likely N-dealkylation sites (tertiary alicyclic amines) is 1. The normalized spacial score (nSPS) is 21.6. The van der Waals surface area contributed by atoms with Gasteiger partial charge in [-0.2, -0.15) is 4.68 Å². The van der Waals surface area contributed by atoms with Gasteiger partial charge in [-0.05, 0) is 83.0 Å². The fraction of sp³-hybridized carbons (Fsp3) is 0.643. The van der Waals surface area contributed by atoms with Crippen LogP contribution in [0.4, 0.5) is 4.79 Å². The van der Waals surface area contributed by atoms with Crippen LogP contribution in [0.15, 0.2) is 23.0 Å². The number of ether oxygens (including phenoxy) is 1. The van der Waals surface area contributed by atoms with E-state index in [1.165, 1.54) is 36.8 Å². The Kier molecular flexibility index (Phi) is 7.25. The number of rotatable bonds is 4. The molecular weight excluding hydrogens is 470 g/mol. The lowest BCUT2D eigenvalue weighted by atomic mass is 9.88. The van der Waals surface area contributed by atoms with Crippen LogP contribution < -0.4 is 5.69 Å². The van der Waals surface area contributed by atoms with Crippen LogP contribution in [0.5, 0.6) is 0 Å². The molecule has 1 aromatic carbocycles. The Balaban J connectivity index is 1.34. The highest BCUT2D eigenvalue weighted by molar-refractivity contribution is 6.05. The van der Waals surface area contributed by atoms with Crippen molar-refractivity contribution in [1.82, 2.24) is 24.6 Å². The monoisotopic (exact) mass is 509 g/mol. The molecule has 0 spiro atoms. The summed E-state index contributed by atoms with van der Waals surface area (Å²) >= 11 is 0. The van der Waals surface area contributed by atoms with Crippen LogP contribution in [0, 0.1) is 5.92 Å². The van der Waals surface area contributed by atoms with Crippen molar-refractivity contribution in [3.63, 3.8) is 0 Å². The fourth-order valence-electron chi connectivity index (χ4n) is 6.07. The lowest BCUT2D eigenvalue weighted by molar-refractivity contribution is 0.0233. The van der Waals surface area contributed by atoms with E-state index in [9.17, 15) is 14.4 Å². The number of aromatic nitrogens is 3. The first-order chi connectivity index (χ1) is 17.7. The topological polar surface area (TPSA) is 101 Å². The molecule has 2 aliphatic heterocycles. The summed E-state index contributed by atoms with van der Waals surface area (Å²) in [6, 6.07) is 5.25. The summed E-state index contributed by atoms with van der Waals surface area (Å²) in [5.74, 6) is 1.29. The van der Waals surface area contributed by atoms with Crippen molar-refractivity contribution in [2.45, 2.75) is 83.7 Å². The summed E-state index contributed by atoms with van der Waals surface area (Å²) in [5, 5.41) is 4.73. The molecule has 37 heavy (non-hydrogen) atoms. The number of benzene rings is 1. The minimum Gasteiger partial charge on any atom is -0.443 e. The second kappa shape index (κ2) is 10.4. The van der Waals surface area contributed by atoms with Gasteiger partial charge in [0.15, 0.2) is 0 Å². The number of piperidine rings is 1. The second-order valence-corrected chi connectivity index (χ2v) is 11.8. The van der Waals surface area contributed by atoms with Gasteiger partial charge in [-0.25, -0.2) is 14.5 Å². The largest absolute Gasteiger partial charge is 0.443 e. The van der Waals surface area contributed by atoms with E-state index < -0.39 is 17.6 Å².